The zero-order valence-electron chi connectivity index (χ0n) is 79.8. The molecule has 714 valence electrons. The van der Waals surface area contributed by atoms with Gasteiger partial charge in [0.2, 0.25) is 0 Å². The van der Waals surface area contributed by atoms with Crippen LogP contribution < -0.4 is 39.2 Å². The molecule has 30 nitrogen and oxygen atoms in total. The van der Waals surface area contributed by atoms with Crippen molar-refractivity contribution in [3.63, 3.8) is 0 Å². The number of benzene rings is 10. The van der Waals surface area contributed by atoms with E-state index in [1.54, 1.807) is 99.1 Å². The van der Waals surface area contributed by atoms with Gasteiger partial charge < -0.3 is 49.1 Å². The fraction of sp³-hybridized carbons (Fsp3) is 0.410. The Hall–Kier alpha value is -14.1. The average molecular weight is 1840 g/mol. The van der Waals surface area contributed by atoms with Crippen LogP contribution in [-0.4, -0.2) is 94.7 Å². The summed E-state index contributed by atoms with van der Waals surface area (Å²) in [6.07, 6.45) is 32.9. The number of hydrogen-bond acceptors (Lipinski definition) is 27. The maximum Gasteiger partial charge on any atom is 0.339 e. The van der Waals surface area contributed by atoms with Crippen LogP contribution in [0.4, 0.5) is 96.7 Å². The van der Waals surface area contributed by atoms with Gasteiger partial charge in [0, 0.05) is 78.7 Å². The molecule has 0 saturated carbocycles. The van der Waals surface area contributed by atoms with Crippen molar-refractivity contribution in [3.05, 3.63) is 238 Å². The first kappa shape index (κ1) is 105. The molecule has 0 atom stereocenters. The van der Waals surface area contributed by atoms with Crippen molar-refractivity contribution >= 4 is 109 Å². The van der Waals surface area contributed by atoms with Crippen LogP contribution in [0.15, 0.2) is 268 Å². The molecular weight excluding hydrogens is 1710 g/mol. The summed E-state index contributed by atoms with van der Waals surface area (Å²) >= 11 is 0. The second-order valence-electron chi connectivity index (χ2n) is 33.5. The Bertz CT molecular complexity index is 5520. The highest BCUT2D eigenvalue weighted by atomic mass is 16.6. The van der Waals surface area contributed by atoms with E-state index in [4.69, 9.17) is 34.2 Å². The van der Waals surface area contributed by atoms with Crippen molar-refractivity contribution in [2.24, 2.45) is 66.8 Å². The topological polar surface area (TPSA) is 377 Å². The van der Waals surface area contributed by atoms with Crippen LogP contribution in [0.2, 0.25) is 0 Å². The van der Waals surface area contributed by atoms with Gasteiger partial charge in [0.05, 0.1) is 102 Å². The fourth-order valence-corrected chi connectivity index (χ4v) is 14.6. The third kappa shape index (κ3) is 35.4. The van der Waals surface area contributed by atoms with Crippen molar-refractivity contribution in [1.29, 1.82) is 0 Å². The fourth-order valence-electron chi connectivity index (χ4n) is 14.6. The van der Waals surface area contributed by atoms with E-state index in [0.717, 1.165) is 66.0 Å². The number of aryl methyl sites for hydroxylation is 1. The minimum absolute atomic E-state index is 0.00940. The first-order valence-corrected chi connectivity index (χ1v) is 47.1. The van der Waals surface area contributed by atoms with Crippen molar-refractivity contribution in [1.82, 2.24) is 0 Å². The standard InChI is InChI=1S/C58H76N10O6.C47H55N7O7/c1-7-9-10-11-12-13-14-15-16-17-18-19-20-21-22-23-40-67(41-42-74-57(69)58(3,4)8-2)51-36-32-50(33-37-51)64-66-54-44-55(72-5)53(43-56(54)73-6)65-63-48-30-28-47(29-31-48)60-59-45-24-26-46(27-25-45)61-62-49-34-38-52(39-35-49)68(70)71;1-5-7-8-9-10-11-12-13-14-35-29-33(16-26-41(35)48)34-15-25-40(47(55)56)44(30-34)61-28-27-53(6-2)38-21-17-36(18-22-38)49-51-42-31-46(60-4)43(32-45(42)59-3)52-50-37-19-23-39(24-20-37)54(57)58/h24-39,43-44H,7-23,40-42H2,1-6H3;15-26,29-32H,5-14,27-28,48H2,1-4H3,(H,55,56). The van der Waals surface area contributed by atoms with Gasteiger partial charge in [-0.15, -0.1) is 20.5 Å². The number of ether oxygens (including phenoxy) is 6. The molecule has 10 rings (SSSR count). The zero-order valence-corrected chi connectivity index (χ0v) is 79.8. The molecule has 0 spiro atoms. The molecule has 3 N–H and O–H groups in total. The molecule has 0 aliphatic heterocycles. The number of likely N-dealkylation sites (N-methyl/N-ethyl adjacent to an activating group) is 1. The van der Waals surface area contributed by atoms with E-state index in [0.29, 0.717) is 123 Å². The Kier molecular flexibility index (Phi) is 44.5. The molecule has 0 aromatic heterocycles. The summed E-state index contributed by atoms with van der Waals surface area (Å²) in [6.45, 7) is 15.7. The summed E-state index contributed by atoms with van der Waals surface area (Å²) in [6, 6.07) is 59.1. The van der Waals surface area contributed by atoms with Gasteiger partial charge in [-0.1, -0.05) is 174 Å². The number of carboxylic acid groups (broad SMARTS) is 1. The lowest BCUT2D eigenvalue weighted by molar-refractivity contribution is -0.385. The van der Waals surface area contributed by atoms with E-state index in [9.17, 15) is 34.9 Å². The largest absolute Gasteiger partial charge is 0.494 e. The molecule has 0 aliphatic carbocycles. The SMILES string of the molecule is CCCCCCCCCCCCCCCCCCN(CCOC(=O)C(C)(C)CC)c1ccc(N=Nc2cc(OC)c(N=Nc3ccc(N=Nc4ccc(N=Nc5ccc([N+](=O)[O-])cc5)cc4)cc3)cc2OC)cc1.CCCCCCCCCCc1cc(-c2ccc(C(=O)O)c(OCCN(CC)c3ccc(N=Nc4cc(OC)c(N=Nc5ccc([N+](=O)[O-])cc5)cc4OC)cc3)c2)ccc1N. The molecule has 0 saturated heterocycles. The van der Waals surface area contributed by atoms with Gasteiger partial charge in [-0.05, 0) is 209 Å². The van der Waals surface area contributed by atoms with Crippen LogP contribution in [0.3, 0.4) is 0 Å². The molecule has 30 heteroatoms. The van der Waals surface area contributed by atoms with Crippen LogP contribution in [0.25, 0.3) is 11.1 Å². The van der Waals surface area contributed by atoms with Crippen molar-refractivity contribution < 1.29 is 53.0 Å². The lowest BCUT2D eigenvalue weighted by Gasteiger charge is -2.26. The molecule has 0 amide bonds. The number of nitro groups is 2. The van der Waals surface area contributed by atoms with Crippen molar-refractivity contribution in [2.75, 3.05) is 83.4 Å². The van der Waals surface area contributed by atoms with E-state index in [1.165, 1.54) is 204 Å². The molecule has 135 heavy (non-hydrogen) atoms. The number of esters is 1. The summed E-state index contributed by atoms with van der Waals surface area (Å²) in [5, 5.41) is 83.9. The Morgan fingerprint density at radius 3 is 1.01 bits per heavy atom. The van der Waals surface area contributed by atoms with Gasteiger partial charge in [0.1, 0.15) is 70.3 Å². The average Bonchev–Trinajstić information content (AvgIpc) is 0.813. The van der Waals surface area contributed by atoms with E-state index in [2.05, 4.69) is 91.1 Å². The Labute approximate surface area is 793 Å². The number of nitro benzene ring substituents is 2. The third-order valence-corrected chi connectivity index (χ3v) is 23.2. The number of methoxy groups -OCH3 is 4. The molecule has 0 aliphatic rings. The smallest absolute Gasteiger partial charge is 0.339 e. The molecule has 0 unspecified atom stereocenters. The number of aromatic carboxylic acids is 1. The van der Waals surface area contributed by atoms with Gasteiger partial charge in [-0.3, -0.25) is 25.0 Å². The molecule has 10 aromatic carbocycles. The van der Waals surface area contributed by atoms with Crippen LogP contribution in [0, 0.1) is 25.6 Å². The number of anilines is 3. The second-order valence-corrected chi connectivity index (χ2v) is 33.5. The van der Waals surface area contributed by atoms with Crippen LogP contribution in [0.5, 0.6) is 28.7 Å². The number of nitrogens with two attached hydrogens (primary N) is 1. The molecule has 0 heterocycles. The predicted octanol–water partition coefficient (Wildman–Crippen LogP) is 32.3. The van der Waals surface area contributed by atoms with Crippen LogP contribution >= 0.6 is 0 Å². The summed E-state index contributed by atoms with van der Waals surface area (Å²) in [4.78, 5) is 50.3. The van der Waals surface area contributed by atoms with Gasteiger partial charge >= 0.3 is 11.9 Å². The Morgan fingerprint density at radius 1 is 0.363 bits per heavy atom. The maximum atomic E-state index is 12.8. The molecular formula is C105H131N17O13. The highest BCUT2D eigenvalue weighted by molar-refractivity contribution is 5.92. The summed E-state index contributed by atoms with van der Waals surface area (Å²) in [5.74, 6) is 0.746. The lowest BCUT2D eigenvalue weighted by Crippen LogP contribution is -2.32. The number of non-ortho nitro benzene ring substituents is 2. The number of carbonyl (C=O) groups excluding carboxylic acids is 1. The number of hydrogen-bond donors (Lipinski definition) is 2. The lowest BCUT2D eigenvalue weighted by atomic mass is 9.91. The van der Waals surface area contributed by atoms with E-state index >= 15 is 0 Å². The summed E-state index contributed by atoms with van der Waals surface area (Å²) in [5.41, 5.74) is 17.9. The van der Waals surface area contributed by atoms with E-state index < -0.39 is 21.2 Å². The minimum atomic E-state index is -1.05. The number of carboxylic acids is 1. The van der Waals surface area contributed by atoms with Crippen LogP contribution in [-0.2, 0) is 16.0 Å². The Balaban J connectivity index is 0.000000308. The number of rotatable bonds is 58. The zero-order chi connectivity index (χ0) is 96.4. The quantitative estimate of drug-likeness (QED) is 0.00893. The number of azo groups is 6. The van der Waals surface area contributed by atoms with Crippen LogP contribution in [0.1, 0.15) is 218 Å². The van der Waals surface area contributed by atoms with Gasteiger partial charge in [0.25, 0.3) is 11.4 Å². The maximum absolute atomic E-state index is 12.8. The predicted molar refractivity (Wildman–Crippen MR) is 536 cm³/mol. The van der Waals surface area contributed by atoms with Gasteiger partial charge in [-0.25, -0.2) is 4.79 Å². The molecule has 10 aromatic rings. The van der Waals surface area contributed by atoms with E-state index in [-0.39, 0.29) is 29.5 Å². The molecule has 0 fully saturated rings. The summed E-state index contributed by atoms with van der Waals surface area (Å²) in [7, 11) is 6.11. The summed E-state index contributed by atoms with van der Waals surface area (Å²) < 4.78 is 34.4. The van der Waals surface area contributed by atoms with E-state index in [1.807, 2.05) is 94.4 Å². The monoisotopic (exact) mass is 1840 g/mol. The first-order valence-electron chi connectivity index (χ1n) is 47.1. The minimum Gasteiger partial charge on any atom is -0.494 e. The second kappa shape index (κ2) is 57.4. The first-order chi connectivity index (χ1) is 65.6. The molecule has 0 radical (unpaired) electrons. The highest BCUT2D eigenvalue weighted by Crippen LogP contribution is 2.44. The third-order valence-electron chi connectivity index (χ3n) is 23.2. The number of nitrogens with zero attached hydrogens (tertiary/aromatic N) is 16. The Morgan fingerprint density at radius 2 is 0.674 bits per heavy atom. The van der Waals surface area contributed by atoms with Gasteiger partial charge in [0.15, 0.2) is 0 Å². The van der Waals surface area contributed by atoms with Crippen molar-refractivity contribution in [2.45, 2.75) is 208 Å². The van der Waals surface area contributed by atoms with Gasteiger partial charge in [-0.2, -0.15) is 40.9 Å². The van der Waals surface area contributed by atoms with Crippen molar-refractivity contribution in [3.8, 4) is 39.9 Å². The highest BCUT2D eigenvalue weighted by Gasteiger charge is 2.28. The molecule has 0 bridgehead atoms. The number of carbonyl (C=O) groups is 2. The number of unbranched alkanes of at least 4 members (excludes halogenated alkanes) is 22. The normalized spacial score (nSPS) is 11.6. The number of nitrogen functional groups attached to an aromatic ring is 1.